The van der Waals surface area contributed by atoms with E-state index in [0.717, 1.165) is 34.2 Å². The van der Waals surface area contributed by atoms with Crippen LogP contribution < -0.4 is 9.64 Å². The third-order valence-electron chi connectivity index (χ3n) is 5.23. The number of halogens is 1. The number of aliphatic carboxylic acids is 1. The molecule has 0 aliphatic carbocycles. The predicted molar refractivity (Wildman–Crippen MR) is 146 cm³/mol. The van der Waals surface area contributed by atoms with Gasteiger partial charge in [0.15, 0.2) is 4.34 Å². The average Bonchev–Trinajstić information content (AvgIpc) is 3.30. The van der Waals surface area contributed by atoms with Gasteiger partial charge in [0.05, 0.1) is 23.9 Å². The summed E-state index contributed by atoms with van der Waals surface area (Å²) in [7, 11) is 0. The van der Waals surface area contributed by atoms with Crippen molar-refractivity contribution < 1.29 is 14.6 Å². The molecule has 3 aromatic rings. The van der Waals surface area contributed by atoms with Crippen LogP contribution in [-0.4, -0.2) is 50.5 Å². The van der Waals surface area contributed by atoms with Crippen LogP contribution in [0.1, 0.15) is 44.0 Å². The Balaban J connectivity index is 0.00000456. The van der Waals surface area contributed by atoms with Gasteiger partial charge >= 0.3 is 5.97 Å². The van der Waals surface area contributed by atoms with E-state index in [2.05, 4.69) is 32.8 Å². The molecule has 0 atom stereocenters. The normalized spacial score (nSPS) is 10.8. The first-order valence-electron chi connectivity index (χ1n) is 11.4. The number of aromatic nitrogens is 3. The lowest BCUT2D eigenvalue weighted by molar-refractivity contribution is -0.138. The van der Waals surface area contributed by atoms with Gasteiger partial charge in [-0.05, 0) is 56.5 Å². The van der Waals surface area contributed by atoms with Crippen molar-refractivity contribution in [1.29, 1.82) is 5.26 Å². The molecule has 0 saturated heterocycles. The van der Waals surface area contributed by atoms with Crippen LogP contribution in [0.2, 0.25) is 0 Å². The molecule has 0 bridgehead atoms. The number of carboxylic acid groups (broad SMARTS) is 1. The van der Waals surface area contributed by atoms with Crippen molar-refractivity contribution in [1.82, 2.24) is 15.0 Å². The molecule has 2 heterocycles. The first-order valence-corrected chi connectivity index (χ1v) is 13.1. The Kier molecular flexibility index (Phi) is 11.4. The highest BCUT2D eigenvalue weighted by Gasteiger charge is 2.29. The lowest BCUT2D eigenvalue weighted by Crippen LogP contribution is -2.30. The standard InChI is InChI=1S/C25H29N5O3S2.ClH/c1-4-18-15-27-23(28-16-18)30(11-5-13-33-21-8-6-19(14-26)7-9-21)12-10-20-17-34-24(29-20)35-25(2,3)22(31)32;/h6-9,15-17H,4-5,10-13H2,1-3H3,(H,31,32);1H. The van der Waals surface area contributed by atoms with Crippen molar-refractivity contribution in [3.8, 4) is 11.8 Å². The van der Waals surface area contributed by atoms with E-state index >= 15 is 0 Å². The van der Waals surface area contributed by atoms with Gasteiger partial charge in [-0.1, -0.05) is 18.7 Å². The molecule has 0 spiro atoms. The molecular weight excluding hydrogens is 518 g/mol. The van der Waals surface area contributed by atoms with Crippen molar-refractivity contribution in [2.75, 3.05) is 24.6 Å². The van der Waals surface area contributed by atoms with Crippen LogP contribution in [0.25, 0.3) is 0 Å². The number of carboxylic acids is 1. The number of anilines is 1. The van der Waals surface area contributed by atoms with Crippen LogP contribution in [0.4, 0.5) is 5.95 Å². The van der Waals surface area contributed by atoms with Crippen molar-refractivity contribution in [3.05, 3.63) is 58.9 Å². The predicted octanol–water partition coefficient (Wildman–Crippen LogP) is 5.26. The molecule has 0 aliphatic rings. The van der Waals surface area contributed by atoms with Crippen molar-refractivity contribution in [3.63, 3.8) is 0 Å². The number of rotatable bonds is 13. The van der Waals surface area contributed by atoms with Gasteiger partial charge in [0.2, 0.25) is 5.95 Å². The minimum Gasteiger partial charge on any atom is -0.494 e. The second-order valence-electron chi connectivity index (χ2n) is 8.34. The fraction of sp³-hybridized carbons (Fsp3) is 0.400. The van der Waals surface area contributed by atoms with E-state index in [0.29, 0.717) is 37.6 Å². The molecule has 36 heavy (non-hydrogen) atoms. The number of aryl methyl sites for hydroxylation is 1. The van der Waals surface area contributed by atoms with Crippen molar-refractivity contribution >= 4 is 47.4 Å². The number of hydrogen-bond acceptors (Lipinski definition) is 9. The maximum absolute atomic E-state index is 11.4. The molecule has 0 saturated carbocycles. The van der Waals surface area contributed by atoms with Crippen molar-refractivity contribution in [2.24, 2.45) is 0 Å². The van der Waals surface area contributed by atoms with E-state index in [9.17, 15) is 9.90 Å². The Morgan fingerprint density at radius 2 is 1.92 bits per heavy atom. The monoisotopic (exact) mass is 547 g/mol. The zero-order chi connectivity index (χ0) is 25.3. The molecule has 0 aliphatic heterocycles. The molecule has 0 amide bonds. The molecular formula is C25H30ClN5O3S2. The first kappa shape index (κ1) is 29.4. The molecule has 0 radical (unpaired) electrons. The Hall–Kier alpha value is -2.87. The minimum atomic E-state index is -0.926. The smallest absolute Gasteiger partial charge is 0.319 e. The highest BCUT2D eigenvalue weighted by atomic mass is 35.5. The quantitative estimate of drug-likeness (QED) is 0.226. The number of thiazole rings is 1. The molecule has 8 nitrogen and oxygen atoms in total. The highest BCUT2D eigenvalue weighted by molar-refractivity contribution is 8.03. The number of ether oxygens (including phenoxy) is 1. The second kappa shape index (κ2) is 14.0. The zero-order valence-corrected chi connectivity index (χ0v) is 23.0. The zero-order valence-electron chi connectivity index (χ0n) is 20.5. The maximum atomic E-state index is 11.4. The van der Waals surface area contributed by atoms with E-state index in [-0.39, 0.29) is 12.4 Å². The van der Waals surface area contributed by atoms with E-state index < -0.39 is 10.7 Å². The SMILES string of the molecule is CCc1cnc(N(CCCOc2ccc(C#N)cc2)CCc2csc(SC(C)(C)C(=O)O)n2)nc1.Cl. The number of hydrogen-bond donors (Lipinski definition) is 1. The minimum absolute atomic E-state index is 0. The Labute approximate surface area is 226 Å². The first-order chi connectivity index (χ1) is 16.8. The van der Waals surface area contributed by atoms with Gasteiger partial charge in [-0.2, -0.15) is 5.26 Å². The largest absolute Gasteiger partial charge is 0.494 e. The van der Waals surface area contributed by atoms with Crippen LogP contribution in [0, 0.1) is 11.3 Å². The fourth-order valence-electron chi connectivity index (χ4n) is 3.04. The van der Waals surface area contributed by atoms with Crippen LogP contribution in [0.15, 0.2) is 46.4 Å². The van der Waals surface area contributed by atoms with Crippen LogP contribution in [0.3, 0.4) is 0 Å². The number of nitriles is 1. The topological polar surface area (TPSA) is 112 Å². The molecule has 192 valence electrons. The van der Waals surface area contributed by atoms with Gasteiger partial charge in [0.1, 0.15) is 10.5 Å². The van der Waals surface area contributed by atoms with E-state index in [1.807, 2.05) is 17.8 Å². The van der Waals surface area contributed by atoms with E-state index in [1.165, 1.54) is 23.1 Å². The molecule has 3 rings (SSSR count). The Morgan fingerprint density at radius 3 is 2.53 bits per heavy atom. The van der Waals surface area contributed by atoms with Gasteiger partial charge < -0.3 is 14.7 Å². The summed E-state index contributed by atoms with van der Waals surface area (Å²) in [6.45, 7) is 7.34. The average molecular weight is 548 g/mol. The van der Waals surface area contributed by atoms with Gasteiger partial charge in [0.25, 0.3) is 0 Å². The second-order valence-corrected chi connectivity index (χ2v) is 11.1. The third kappa shape index (κ3) is 8.66. The Bertz CT molecular complexity index is 1150. The summed E-state index contributed by atoms with van der Waals surface area (Å²) in [6, 6.07) is 9.17. The summed E-state index contributed by atoms with van der Waals surface area (Å²) in [5.74, 6) is 0.537. The molecule has 1 aromatic carbocycles. The summed E-state index contributed by atoms with van der Waals surface area (Å²) < 4.78 is 5.64. The Morgan fingerprint density at radius 1 is 1.22 bits per heavy atom. The number of nitrogens with zero attached hydrogens (tertiary/aromatic N) is 5. The highest BCUT2D eigenvalue weighted by Crippen LogP contribution is 2.34. The maximum Gasteiger partial charge on any atom is 0.319 e. The molecule has 1 N–H and O–H groups in total. The molecule has 2 aromatic heterocycles. The summed E-state index contributed by atoms with van der Waals surface area (Å²) in [4.78, 5) is 27.2. The van der Waals surface area contributed by atoms with Gasteiger partial charge in [0, 0.05) is 37.3 Å². The number of benzene rings is 1. The summed E-state index contributed by atoms with van der Waals surface area (Å²) in [5, 5.41) is 20.3. The lowest BCUT2D eigenvalue weighted by Gasteiger charge is -2.22. The molecule has 0 unspecified atom stereocenters. The molecule has 11 heteroatoms. The number of carbonyl (C=O) groups is 1. The lowest BCUT2D eigenvalue weighted by atomic mass is 10.2. The summed E-state index contributed by atoms with van der Waals surface area (Å²) >= 11 is 2.73. The fourth-order valence-corrected chi connectivity index (χ4v) is 5.26. The van der Waals surface area contributed by atoms with E-state index in [4.69, 9.17) is 10.00 Å². The van der Waals surface area contributed by atoms with Gasteiger partial charge in [-0.25, -0.2) is 15.0 Å². The van der Waals surface area contributed by atoms with Crippen LogP contribution >= 0.6 is 35.5 Å². The summed E-state index contributed by atoms with van der Waals surface area (Å²) in [5.41, 5.74) is 2.61. The van der Waals surface area contributed by atoms with E-state index in [1.54, 1.807) is 38.1 Å². The van der Waals surface area contributed by atoms with Gasteiger partial charge in [-0.3, -0.25) is 4.79 Å². The summed E-state index contributed by atoms with van der Waals surface area (Å²) in [6.07, 6.45) is 6.05. The molecule has 0 fully saturated rings. The third-order valence-corrected chi connectivity index (χ3v) is 7.41. The van der Waals surface area contributed by atoms with Crippen LogP contribution in [-0.2, 0) is 17.6 Å². The number of thioether (sulfide) groups is 1. The van der Waals surface area contributed by atoms with Gasteiger partial charge in [-0.15, -0.1) is 23.7 Å². The van der Waals surface area contributed by atoms with Crippen molar-refractivity contribution in [2.45, 2.75) is 49.1 Å². The van der Waals surface area contributed by atoms with Crippen LogP contribution in [0.5, 0.6) is 5.75 Å².